The summed E-state index contributed by atoms with van der Waals surface area (Å²) in [7, 11) is -1.86. The number of hydrogen-bond acceptors (Lipinski definition) is 4. The Morgan fingerprint density at radius 1 is 1.41 bits per heavy atom. The van der Waals surface area contributed by atoms with Gasteiger partial charge in [0.05, 0.1) is 13.4 Å². The zero-order valence-corrected chi connectivity index (χ0v) is 13.4. The van der Waals surface area contributed by atoms with Crippen molar-refractivity contribution < 1.29 is 23.1 Å². The fourth-order valence-corrected chi connectivity index (χ4v) is 3.68. The third kappa shape index (κ3) is 3.89. The molecule has 0 bridgehead atoms. The number of nitrogens with zero attached hydrogens (tertiary/aromatic N) is 2. The SMILES string of the molecule is COc1ccc(CN(C2CCN(C(=O)O)C2)S(C)(=O)=O)cc1. The van der Waals surface area contributed by atoms with Crippen LogP contribution in [0.1, 0.15) is 12.0 Å². The minimum atomic E-state index is -3.43. The number of amides is 1. The zero-order valence-electron chi connectivity index (χ0n) is 12.6. The maximum Gasteiger partial charge on any atom is 0.407 e. The van der Waals surface area contributed by atoms with Crippen LogP contribution in [0.5, 0.6) is 5.75 Å². The summed E-state index contributed by atoms with van der Waals surface area (Å²) in [5.74, 6) is 0.701. The van der Waals surface area contributed by atoms with E-state index < -0.39 is 16.1 Å². The maximum absolute atomic E-state index is 12.1. The van der Waals surface area contributed by atoms with E-state index in [1.165, 1.54) is 9.21 Å². The van der Waals surface area contributed by atoms with Crippen molar-refractivity contribution in [3.05, 3.63) is 29.8 Å². The van der Waals surface area contributed by atoms with E-state index in [1.54, 1.807) is 31.4 Å². The number of methoxy groups -OCH3 is 1. The van der Waals surface area contributed by atoms with Gasteiger partial charge in [-0.05, 0) is 24.1 Å². The minimum Gasteiger partial charge on any atom is -0.497 e. The second-order valence-corrected chi connectivity index (χ2v) is 7.26. The smallest absolute Gasteiger partial charge is 0.407 e. The summed E-state index contributed by atoms with van der Waals surface area (Å²) in [5, 5.41) is 9.01. The molecule has 1 atom stereocenters. The lowest BCUT2D eigenvalue weighted by atomic mass is 10.2. The first-order valence-electron chi connectivity index (χ1n) is 6.89. The monoisotopic (exact) mass is 328 g/mol. The highest BCUT2D eigenvalue weighted by molar-refractivity contribution is 7.88. The van der Waals surface area contributed by atoms with Gasteiger partial charge in [0.2, 0.25) is 10.0 Å². The summed E-state index contributed by atoms with van der Waals surface area (Å²) in [6.45, 7) is 0.786. The largest absolute Gasteiger partial charge is 0.497 e. The van der Waals surface area contributed by atoms with Crippen LogP contribution in [-0.4, -0.2) is 61.3 Å². The molecule has 1 aromatic rings. The van der Waals surface area contributed by atoms with Crippen LogP contribution in [0.15, 0.2) is 24.3 Å². The summed E-state index contributed by atoms with van der Waals surface area (Å²) in [4.78, 5) is 12.2. The molecule has 1 unspecified atom stereocenters. The van der Waals surface area contributed by atoms with Crippen LogP contribution in [-0.2, 0) is 16.6 Å². The molecule has 22 heavy (non-hydrogen) atoms. The molecule has 0 aliphatic carbocycles. The Hall–Kier alpha value is -1.80. The lowest BCUT2D eigenvalue weighted by molar-refractivity contribution is 0.152. The van der Waals surface area contributed by atoms with Gasteiger partial charge in [-0.2, -0.15) is 4.31 Å². The summed E-state index contributed by atoms with van der Waals surface area (Å²) in [5.41, 5.74) is 0.833. The van der Waals surface area contributed by atoms with Crippen LogP contribution in [0.4, 0.5) is 4.79 Å². The molecule has 7 nitrogen and oxygen atoms in total. The first-order valence-corrected chi connectivity index (χ1v) is 8.73. The van der Waals surface area contributed by atoms with Gasteiger partial charge in [-0.3, -0.25) is 0 Å². The molecule has 1 N–H and O–H groups in total. The van der Waals surface area contributed by atoms with Crippen LogP contribution in [0.3, 0.4) is 0 Å². The van der Waals surface area contributed by atoms with Crippen LogP contribution < -0.4 is 4.74 Å². The van der Waals surface area contributed by atoms with E-state index in [9.17, 15) is 13.2 Å². The zero-order chi connectivity index (χ0) is 16.3. The number of hydrogen-bond donors (Lipinski definition) is 1. The van der Waals surface area contributed by atoms with E-state index in [2.05, 4.69) is 0 Å². The van der Waals surface area contributed by atoms with E-state index in [4.69, 9.17) is 9.84 Å². The van der Waals surface area contributed by atoms with Crippen molar-refractivity contribution in [1.82, 2.24) is 9.21 Å². The molecule has 1 amide bonds. The van der Waals surface area contributed by atoms with Crippen molar-refractivity contribution >= 4 is 16.1 Å². The predicted octanol–water partition coefficient (Wildman–Crippen LogP) is 1.21. The van der Waals surface area contributed by atoms with Gasteiger partial charge in [0.1, 0.15) is 5.75 Å². The van der Waals surface area contributed by atoms with Gasteiger partial charge in [-0.15, -0.1) is 0 Å². The van der Waals surface area contributed by atoms with Crippen LogP contribution >= 0.6 is 0 Å². The molecule has 0 aromatic heterocycles. The molecule has 2 rings (SSSR count). The van der Waals surface area contributed by atoms with E-state index in [0.29, 0.717) is 18.7 Å². The van der Waals surface area contributed by atoms with Crippen molar-refractivity contribution in [2.24, 2.45) is 0 Å². The van der Waals surface area contributed by atoms with E-state index in [0.717, 1.165) is 11.8 Å². The molecule has 8 heteroatoms. The first kappa shape index (κ1) is 16.6. The van der Waals surface area contributed by atoms with Gasteiger partial charge >= 0.3 is 6.09 Å². The molecular formula is C14H20N2O5S. The van der Waals surface area contributed by atoms with Gasteiger partial charge in [0.15, 0.2) is 0 Å². The molecule has 1 saturated heterocycles. The maximum atomic E-state index is 12.1. The molecule has 1 heterocycles. The molecule has 0 saturated carbocycles. The fraction of sp³-hybridized carbons (Fsp3) is 0.500. The Labute approximate surface area is 130 Å². The molecular weight excluding hydrogens is 308 g/mol. The summed E-state index contributed by atoms with van der Waals surface area (Å²) in [6.07, 6.45) is 0.649. The van der Waals surface area contributed by atoms with Crippen LogP contribution in [0, 0.1) is 0 Å². The van der Waals surface area contributed by atoms with Gasteiger partial charge in [-0.25, -0.2) is 13.2 Å². The molecule has 1 aromatic carbocycles. The summed E-state index contributed by atoms with van der Waals surface area (Å²) in [6, 6.07) is 6.83. The van der Waals surface area contributed by atoms with Crippen molar-refractivity contribution in [2.75, 3.05) is 26.5 Å². The predicted molar refractivity (Wildman–Crippen MR) is 81.4 cm³/mol. The van der Waals surface area contributed by atoms with E-state index in [1.807, 2.05) is 0 Å². The van der Waals surface area contributed by atoms with Gasteiger partial charge in [0, 0.05) is 25.7 Å². The molecule has 1 aliphatic rings. The van der Waals surface area contributed by atoms with Gasteiger partial charge < -0.3 is 14.7 Å². The van der Waals surface area contributed by atoms with Crippen molar-refractivity contribution in [3.8, 4) is 5.75 Å². The lowest BCUT2D eigenvalue weighted by Crippen LogP contribution is -2.41. The first-order chi connectivity index (χ1) is 10.3. The molecule has 0 spiro atoms. The molecule has 0 radical (unpaired) electrons. The third-order valence-electron chi connectivity index (χ3n) is 3.76. The Balaban J connectivity index is 2.15. The summed E-state index contributed by atoms with van der Waals surface area (Å²) >= 11 is 0. The van der Waals surface area contributed by atoms with Crippen LogP contribution in [0.25, 0.3) is 0 Å². The Morgan fingerprint density at radius 2 is 2.05 bits per heavy atom. The van der Waals surface area contributed by atoms with Crippen LogP contribution in [0.2, 0.25) is 0 Å². The Bertz CT molecular complexity index is 629. The number of ether oxygens (including phenoxy) is 1. The summed E-state index contributed by atoms with van der Waals surface area (Å²) < 4.78 is 30.6. The van der Waals surface area contributed by atoms with Gasteiger partial charge in [-0.1, -0.05) is 12.1 Å². The number of likely N-dealkylation sites (tertiary alicyclic amines) is 1. The number of carbonyl (C=O) groups is 1. The molecule has 122 valence electrons. The number of sulfonamides is 1. The standard InChI is InChI=1S/C14H20N2O5S/c1-21-13-5-3-11(4-6-13)9-16(22(2,19)20)12-7-8-15(10-12)14(17)18/h3-6,12H,7-10H2,1-2H3,(H,17,18). The van der Waals surface area contributed by atoms with Crippen molar-refractivity contribution in [1.29, 1.82) is 0 Å². The van der Waals surface area contributed by atoms with E-state index in [-0.39, 0.29) is 19.1 Å². The van der Waals surface area contributed by atoms with E-state index >= 15 is 0 Å². The second-order valence-electron chi connectivity index (χ2n) is 5.33. The Morgan fingerprint density at radius 3 is 2.50 bits per heavy atom. The highest BCUT2D eigenvalue weighted by Crippen LogP contribution is 2.22. The highest BCUT2D eigenvalue weighted by atomic mass is 32.2. The molecule has 1 fully saturated rings. The second kappa shape index (κ2) is 6.53. The van der Waals surface area contributed by atoms with Crippen molar-refractivity contribution in [2.45, 2.75) is 19.0 Å². The van der Waals surface area contributed by atoms with Gasteiger partial charge in [0.25, 0.3) is 0 Å². The fourth-order valence-electron chi connectivity index (χ4n) is 2.58. The quantitative estimate of drug-likeness (QED) is 0.878. The minimum absolute atomic E-state index is 0.207. The number of rotatable bonds is 5. The average Bonchev–Trinajstić information content (AvgIpc) is 2.93. The highest BCUT2D eigenvalue weighted by Gasteiger charge is 2.34. The lowest BCUT2D eigenvalue weighted by Gasteiger charge is -2.26. The average molecular weight is 328 g/mol. The topological polar surface area (TPSA) is 87.2 Å². The normalized spacial score (nSPS) is 18.7. The number of carboxylic acid groups (broad SMARTS) is 1. The number of benzene rings is 1. The third-order valence-corrected chi connectivity index (χ3v) is 5.04. The molecule has 1 aliphatic heterocycles. The Kier molecular flexibility index (Phi) is 4.92. The van der Waals surface area contributed by atoms with Crippen molar-refractivity contribution in [3.63, 3.8) is 0 Å².